The average Bonchev–Trinajstić information content (AvgIpc) is 2.93. The van der Waals surface area contributed by atoms with Crippen LogP contribution in [0.4, 0.5) is 10.5 Å². The largest absolute Gasteiger partial charge is 0.486 e. The Hall–Kier alpha value is -3.32. The molecule has 3 N–H and O–H groups in total. The maximum Gasteiger partial charge on any atom is 0.315 e. The summed E-state index contributed by atoms with van der Waals surface area (Å²) in [4.78, 5) is 25.6. The summed E-state index contributed by atoms with van der Waals surface area (Å²) < 4.78 is 7.33. The van der Waals surface area contributed by atoms with E-state index >= 15 is 0 Å². The number of benzene rings is 3. The molecule has 0 aliphatic heterocycles. The molecule has 208 valence electrons. The zero-order valence-corrected chi connectivity index (χ0v) is 24.2. The number of hydrogen-bond acceptors (Lipinski definition) is 3. The molecular formula is C33H36BrN3O3. The van der Waals surface area contributed by atoms with Crippen LogP contribution in [-0.4, -0.2) is 24.0 Å². The number of rotatable bonds is 9. The van der Waals surface area contributed by atoms with Crippen molar-refractivity contribution in [2.45, 2.75) is 56.6 Å². The standard InChI is InChI=1S/C33H36BrN3O3/c34-27-8-10-28(11-9-27)36-31(38)26-6-12-29(13-7-26)40-30(25-4-2-1-3-5-25)14-15-35-32(39)37-33-19-22-16-23(20-33)18-24(17-22)21-33/h1-13,22-24,30H,14-21H2,(H,36,38)(H2,35,37,39). The Morgan fingerprint density at radius 1 is 0.850 bits per heavy atom. The summed E-state index contributed by atoms with van der Waals surface area (Å²) in [6, 6.07) is 24.6. The van der Waals surface area contributed by atoms with Gasteiger partial charge in [-0.15, -0.1) is 0 Å². The predicted octanol–water partition coefficient (Wildman–Crippen LogP) is 7.48. The van der Waals surface area contributed by atoms with Gasteiger partial charge in [-0.2, -0.15) is 0 Å². The van der Waals surface area contributed by atoms with Crippen molar-refractivity contribution >= 4 is 33.6 Å². The van der Waals surface area contributed by atoms with Crippen LogP contribution in [0.15, 0.2) is 83.3 Å². The smallest absolute Gasteiger partial charge is 0.315 e. The molecule has 7 heteroatoms. The minimum atomic E-state index is -0.233. The molecule has 4 aliphatic carbocycles. The molecule has 6 nitrogen and oxygen atoms in total. The van der Waals surface area contributed by atoms with Gasteiger partial charge in [-0.3, -0.25) is 4.79 Å². The van der Waals surface area contributed by atoms with Crippen molar-refractivity contribution in [1.82, 2.24) is 10.6 Å². The zero-order valence-electron chi connectivity index (χ0n) is 22.6. The summed E-state index contributed by atoms with van der Waals surface area (Å²) in [6.07, 6.45) is 7.88. The number of nitrogens with one attached hydrogen (secondary N) is 3. The second-order valence-electron chi connectivity index (χ2n) is 11.9. The van der Waals surface area contributed by atoms with Crippen LogP contribution in [0.1, 0.15) is 67.0 Å². The fourth-order valence-electron chi connectivity index (χ4n) is 7.41. The van der Waals surface area contributed by atoms with Gasteiger partial charge in [-0.1, -0.05) is 46.3 Å². The molecule has 0 heterocycles. The molecule has 3 amide bonds. The molecule has 4 bridgehead atoms. The first-order valence-corrected chi connectivity index (χ1v) is 15.2. The van der Waals surface area contributed by atoms with Gasteiger partial charge >= 0.3 is 6.03 Å². The van der Waals surface area contributed by atoms with E-state index in [9.17, 15) is 9.59 Å². The van der Waals surface area contributed by atoms with Gasteiger partial charge in [-0.25, -0.2) is 4.79 Å². The van der Waals surface area contributed by atoms with Crippen LogP contribution in [0.3, 0.4) is 0 Å². The van der Waals surface area contributed by atoms with Crippen molar-refractivity contribution in [3.8, 4) is 5.75 Å². The summed E-state index contributed by atoms with van der Waals surface area (Å²) in [7, 11) is 0. The Bertz CT molecular complexity index is 1290. The maximum atomic E-state index is 12.9. The van der Waals surface area contributed by atoms with Crippen LogP contribution < -0.4 is 20.7 Å². The lowest BCUT2D eigenvalue weighted by molar-refractivity contribution is -0.0135. The van der Waals surface area contributed by atoms with Gasteiger partial charge in [0.25, 0.3) is 5.91 Å². The lowest BCUT2D eigenvalue weighted by Gasteiger charge is -2.56. The highest BCUT2D eigenvalue weighted by molar-refractivity contribution is 9.10. The van der Waals surface area contributed by atoms with E-state index in [1.165, 1.54) is 19.3 Å². The number of anilines is 1. The van der Waals surface area contributed by atoms with Crippen molar-refractivity contribution in [3.05, 3.63) is 94.5 Å². The summed E-state index contributed by atoms with van der Waals surface area (Å²) in [5.41, 5.74) is 2.33. The summed E-state index contributed by atoms with van der Waals surface area (Å²) in [5.74, 6) is 2.87. The lowest BCUT2D eigenvalue weighted by Crippen LogP contribution is -2.61. The van der Waals surface area contributed by atoms with Crippen LogP contribution in [-0.2, 0) is 0 Å². The minimum Gasteiger partial charge on any atom is -0.486 e. The highest BCUT2D eigenvalue weighted by Crippen LogP contribution is 2.55. The van der Waals surface area contributed by atoms with Crippen LogP contribution in [0.2, 0.25) is 0 Å². The molecule has 3 aromatic rings. The minimum absolute atomic E-state index is 0.000434. The Kier molecular flexibility index (Phi) is 7.83. The molecule has 0 saturated heterocycles. The number of halogens is 1. The van der Waals surface area contributed by atoms with Crippen LogP contribution in [0.5, 0.6) is 5.75 Å². The first-order chi connectivity index (χ1) is 19.4. The number of urea groups is 1. The molecule has 1 atom stereocenters. The highest BCUT2D eigenvalue weighted by Gasteiger charge is 2.51. The number of hydrogen-bond donors (Lipinski definition) is 3. The van der Waals surface area contributed by atoms with E-state index in [1.807, 2.05) is 66.7 Å². The van der Waals surface area contributed by atoms with Crippen molar-refractivity contribution < 1.29 is 14.3 Å². The van der Waals surface area contributed by atoms with Gasteiger partial charge in [0.1, 0.15) is 11.9 Å². The predicted molar refractivity (Wildman–Crippen MR) is 160 cm³/mol. The first-order valence-electron chi connectivity index (χ1n) is 14.4. The Labute approximate surface area is 244 Å². The SMILES string of the molecule is O=C(NCCC(Oc1ccc(C(=O)Nc2ccc(Br)cc2)cc1)c1ccccc1)NC12CC3CC(CC(C3)C1)C2. The van der Waals surface area contributed by atoms with Crippen molar-refractivity contribution in [1.29, 1.82) is 0 Å². The number of carbonyl (C=O) groups is 2. The van der Waals surface area contributed by atoms with Gasteiger partial charge < -0.3 is 20.7 Å². The summed E-state index contributed by atoms with van der Waals surface area (Å²) in [5, 5.41) is 9.41. The summed E-state index contributed by atoms with van der Waals surface area (Å²) >= 11 is 3.41. The second kappa shape index (κ2) is 11.7. The van der Waals surface area contributed by atoms with Crippen LogP contribution in [0.25, 0.3) is 0 Å². The van der Waals surface area contributed by atoms with Crippen LogP contribution in [0, 0.1) is 17.8 Å². The van der Waals surface area contributed by atoms with Crippen molar-refractivity contribution in [2.24, 2.45) is 17.8 Å². The monoisotopic (exact) mass is 601 g/mol. The van der Waals surface area contributed by atoms with E-state index in [1.54, 1.807) is 12.1 Å². The highest BCUT2D eigenvalue weighted by atomic mass is 79.9. The van der Waals surface area contributed by atoms with Crippen molar-refractivity contribution in [2.75, 3.05) is 11.9 Å². The average molecular weight is 603 g/mol. The second-order valence-corrected chi connectivity index (χ2v) is 12.8. The van der Waals surface area contributed by atoms with Gasteiger partial charge in [-0.05, 0) is 110 Å². The van der Waals surface area contributed by atoms with E-state index in [0.717, 1.165) is 52.7 Å². The molecular weight excluding hydrogens is 566 g/mol. The number of amides is 3. The van der Waals surface area contributed by atoms with Crippen molar-refractivity contribution in [3.63, 3.8) is 0 Å². The Morgan fingerprint density at radius 3 is 2.10 bits per heavy atom. The molecule has 0 spiro atoms. The first kappa shape index (κ1) is 26.9. The van der Waals surface area contributed by atoms with E-state index in [2.05, 4.69) is 31.9 Å². The van der Waals surface area contributed by atoms with Crippen LogP contribution >= 0.6 is 15.9 Å². The topological polar surface area (TPSA) is 79.5 Å². The molecule has 0 radical (unpaired) electrons. The molecule has 7 rings (SSSR count). The molecule has 3 aromatic carbocycles. The third-order valence-electron chi connectivity index (χ3n) is 8.78. The maximum absolute atomic E-state index is 12.9. The summed E-state index contributed by atoms with van der Waals surface area (Å²) in [6.45, 7) is 0.505. The van der Waals surface area contributed by atoms with Gasteiger partial charge in [0.15, 0.2) is 0 Å². The van der Waals surface area contributed by atoms with E-state index in [0.29, 0.717) is 24.3 Å². The molecule has 4 aliphatic rings. The molecule has 1 unspecified atom stereocenters. The third-order valence-corrected chi connectivity index (χ3v) is 9.31. The van der Waals surface area contributed by atoms with E-state index in [-0.39, 0.29) is 23.6 Å². The lowest BCUT2D eigenvalue weighted by atomic mass is 9.53. The molecule has 40 heavy (non-hydrogen) atoms. The Balaban J connectivity index is 1.04. The number of carbonyl (C=O) groups excluding carboxylic acids is 2. The van der Waals surface area contributed by atoms with Gasteiger partial charge in [0, 0.05) is 34.2 Å². The Morgan fingerprint density at radius 2 is 1.48 bits per heavy atom. The molecule has 0 aromatic heterocycles. The zero-order chi connectivity index (χ0) is 27.5. The normalized spacial score (nSPS) is 25.2. The molecule has 4 fully saturated rings. The third kappa shape index (κ3) is 6.35. The number of ether oxygens (including phenoxy) is 1. The quantitative estimate of drug-likeness (QED) is 0.238. The van der Waals surface area contributed by atoms with E-state index < -0.39 is 0 Å². The van der Waals surface area contributed by atoms with Gasteiger partial charge in [0.2, 0.25) is 0 Å². The fraction of sp³-hybridized carbons (Fsp3) is 0.394. The van der Waals surface area contributed by atoms with Gasteiger partial charge in [0.05, 0.1) is 0 Å². The van der Waals surface area contributed by atoms with E-state index in [4.69, 9.17) is 4.74 Å². The fourth-order valence-corrected chi connectivity index (χ4v) is 7.68. The molecule has 4 saturated carbocycles.